The van der Waals surface area contributed by atoms with Crippen molar-refractivity contribution in [3.05, 3.63) is 0 Å². The van der Waals surface area contributed by atoms with E-state index in [-0.39, 0.29) is 24.2 Å². The number of amides is 3. The van der Waals surface area contributed by atoms with Gasteiger partial charge in [0, 0.05) is 19.4 Å². The third-order valence-corrected chi connectivity index (χ3v) is 3.80. The Bertz CT molecular complexity index is 375. The highest BCUT2D eigenvalue weighted by atomic mass is 16.4. The molecule has 1 atom stereocenters. The van der Waals surface area contributed by atoms with Gasteiger partial charge in [0.1, 0.15) is 0 Å². The van der Waals surface area contributed by atoms with Gasteiger partial charge < -0.3 is 10.4 Å². The van der Waals surface area contributed by atoms with Gasteiger partial charge >= 0.3 is 12.0 Å². The molecule has 6 nitrogen and oxygen atoms in total. The minimum absolute atomic E-state index is 0.0387. The maximum atomic E-state index is 11.6. The summed E-state index contributed by atoms with van der Waals surface area (Å²) in [4.78, 5) is 33.6. The largest absolute Gasteiger partial charge is 0.481 e. The number of nitrogens with one attached hydrogen (secondary N) is 2. The predicted octanol–water partition coefficient (Wildman–Crippen LogP) is 1.89. The zero-order valence-electron chi connectivity index (χ0n) is 12.2. The molecule has 0 radical (unpaired) electrons. The Balaban J connectivity index is 2.24. The van der Waals surface area contributed by atoms with E-state index in [1.54, 1.807) is 6.92 Å². The third-order valence-electron chi connectivity index (χ3n) is 3.80. The van der Waals surface area contributed by atoms with Gasteiger partial charge in [0.05, 0.1) is 0 Å². The van der Waals surface area contributed by atoms with Crippen molar-refractivity contribution in [2.75, 3.05) is 6.54 Å². The first kappa shape index (κ1) is 16.5. The Kier molecular flexibility index (Phi) is 5.98. The predicted molar refractivity (Wildman–Crippen MR) is 74.2 cm³/mol. The lowest BCUT2D eigenvalue weighted by Crippen LogP contribution is -2.43. The summed E-state index contributed by atoms with van der Waals surface area (Å²) in [5.74, 6) is -1.66. The number of aliphatic carboxylic acids is 1. The Morgan fingerprint density at radius 2 is 1.80 bits per heavy atom. The molecule has 1 saturated carbocycles. The number of imide groups is 1. The van der Waals surface area contributed by atoms with E-state index in [1.807, 2.05) is 0 Å². The molecular formula is C14H24N2O4. The van der Waals surface area contributed by atoms with E-state index < -0.39 is 17.9 Å². The van der Waals surface area contributed by atoms with Gasteiger partial charge in [-0.25, -0.2) is 4.79 Å². The molecule has 1 aliphatic rings. The standard InChI is InChI=1S/C14H24N2O4/c1-10(8-12(18)19)7-11(17)16-13(20)15-9-14(2)5-3-4-6-14/h10H,3-9H2,1-2H3,(H,18,19)(H2,15,16,17,20). The maximum Gasteiger partial charge on any atom is 0.321 e. The Morgan fingerprint density at radius 1 is 1.20 bits per heavy atom. The van der Waals surface area contributed by atoms with Crippen molar-refractivity contribution in [3.8, 4) is 0 Å². The monoisotopic (exact) mass is 284 g/mol. The number of hydrogen-bond acceptors (Lipinski definition) is 3. The van der Waals surface area contributed by atoms with Gasteiger partial charge in [0.15, 0.2) is 0 Å². The first-order valence-corrected chi connectivity index (χ1v) is 7.10. The molecule has 1 fully saturated rings. The number of carboxylic acids is 1. The molecule has 1 rings (SSSR count). The van der Waals surface area contributed by atoms with Gasteiger partial charge in [0.2, 0.25) is 5.91 Å². The molecule has 3 N–H and O–H groups in total. The molecule has 3 amide bonds. The van der Waals surface area contributed by atoms with Crippen LogP contribution in [0.2, 0.25) is 0 Å². The molecule has 1 unspecified atom stereocenters. The van der Waals surface area contributed by atoms with Gasteiger partial charge in [-0.15, -0.1) is 0 Å². The van der Waals surface area contributed by atoms with Crippen LogP contribution >= 0.6 is 0 Å². The number of rotatable bonds is 6. The normalized spacial score (nSPS) is 18.3. The van der Waals surface area contributed by atoms with Gasteiger partial charge in [-0.2, -0.15) is 0 Å². The van der Waals surface area contributed by atoms with Crippen molar-refractivity contribution in [2.24, 2.45) is 11.3 Å². The average Bonchev–Trinajstić information content (AvgIpc) is 2.72. The Morgan fingerprint density at radius 3 is 2.35 bits per heavy atom. The van der Waals surface area contributed by atoms with Gasteiger partial charge in [0.25, 0.3) is 0 Å². The highest BCUT2D eigenvalue weighted by Crippen LogP contribution is 2.36. The number of urea groups is 1. The molecule has 0 bridgehead atoms. The van der Waals surface area contributed by atoms with Gasteiger partial charge in [-0.05, 0) is 24.2 Å². The van der Waals surface area contributed by atoms with Crippen molar-refractivity contribution in [3.63, 3.8) is 0 Å². The third kappa shape index (κ3) is 6.04. The second-order valence-corrected chi connectivity index (χ2v) is 6.16. The molecule has 0 aromatic carbocycles. The van der Waals surface area contributed by atoms with Crippen LogP contribution in [-0.2, 0) is 9.59 Å². The fraction of sp³-hybridized carbons (Fsp3) is 0.786. The van der Waals surface area contributed by atoms with Crippen molar-refractivity contribution in [2.45, 2.75) is 52.4 Å². The topological polar surface area (TPSA) is 95.5 Å². The molecule has 0 aromatic heterocycles. The number of hydrogen-bond donors (Lipinski definition) is 3. The van der Waals surface area contributed by atoms with Gasteiger partial charge in [-0.3, -0.25) is 14.9 Å². The molecule has 0 saturated heterocycles. The molecule has 0 heterocycles. The minimum atomic E-state index is -0.941. The van der Waals surface area contributed by atoms with E-state index in [4.69, 9.17) is 5.11 Å². The van der Waals surface area contributed by atoms with Crippen LogP contribution in [0.3, 0.4) is 0 Å². The zero-order chi connectivity index (χ0) is 15.2. The van der Waals surface area contributed by atoms with Crippen molar-refractivity contribution in [1.29, 1.82) is 0 Å². The van der Waals surface area contributed by atoms with Crippen LogP contribution in [0.4, 0.5) is 4.79 Å². The van der Waals surface area contributed by atoms with Crippen LogP contribution < -0.4 is 10.6 Å². The van der Waals surface area contributed by atoms with Crippen LogP contribution in [0, 0.1) is 11.3 Å². The fourth-order valence-electron chi connectivity index (χ4n) is 2.61. The zero-order valence-corrected chi connectivity index (χ0v) is 12.2. The molecule has 0 spiro atoms. The van der Waals surface area contributed by atoms with Crippen molar-refractivity contribution in [1.82, 2.24) is 10.6 Å². The van der Waals surface area contributed by atoms with Crippen LogP contribution in [0.15, 0.2) is 0 Å². The summed E-state index contributed by atoms with van der Waals surface area (Å²) in [5, 5.41) is 13.6. The number of carboxylic acid groups (broad SMARTS) is 1. The van der Waals surface area contributed by atoms with Crippen molar-refractivity contribution >= 4 is 17.9 Å². The van der Waals surface area contributed by atoms with Crippen LogP contribution in [-0.4, -0.2) is 29.6 Å². The minimum Gasteiger partial charge on any atom is -0.481 e. The van der Waals surface area contributed by atoms with E-state index in [1.165, 1.54) is 12.8 Å². The molecule has 0 aromatic rings. The Labute approximate surface area is 119 Å². The lowest BCUT2D eigenvalue weighted by molar-refractivity contribution is -0.138. The maximum absolute atomic E-state index is 11.6. The lowest BCUT2D eigenvalue weighted by Gasteiger charge is -2.23. The molecule has 0 aliphatic heterocycles. The molecule has 6 heteroatoms. The average molecular weight is 284 g/mol. The summed E-state index contributed by atoms with van der Waals surface area (Å²) >= 11 is 0. The summed E-state index contributed by atoms with van der Waals surface area (Å²) in [7, 11) is 0. The highest BCUT2D eigenvalue weighted by molar-refractivity contribution is 5.94. The summed E-state index contributed by atoms with van der Waals surface area (Å²) in [6.07, 6.45) is 4.52. The van der Waals surface area contributed by atoms with E-state index in [2.05, 4.69) is 17.6 Å². The first-order chi connectivity index (χ1) is 9.31. The first-order valence-electron chi connectivity index (χ1n) is 7.10. The molecule has 114 valence electrons. The van der Waals surface area contributed by atoms with E-state index in [0.717, 1.165) is 12.8 Å². The fourth-order valence-corrected chi connectivity index (χ4v) is 2.61. The van der Waals surface area contributed by atoms with Crippen LogP contribution in [0.5, 0.6) is 0 Å². The molecule has 20 heavy (non-hydrogen) atoms. The number of carbonyl (C=O) groups is 3. The quantitative estimate of drug-likeness (QED) is 0.694. The van der Waals surface area contributed by atoms with Crippen LogP contribution in [0.1, 0.15) is 52.4 Å². The smallest absolute Gasteiger partial charge is 0.321 e. The van der Waals surface area contributed by atoms with Gasteiger partial charge in [-0.1, -0.05) is 26.7 Å². The summed E-state index contributed by atoms with van der Waals surface area (Å²) in [6, 6.07) is -0.495. The summed E-state index contributed by atoms with van der Waals surface area (Å²) in [5.41, 5.74) is 0.136. The molecule has 1 aliphatic carbocycles. The highest BCUT2D eigenvalue weighted by Gasteiger charge is 2.29. The van der Waals surface area contributed by atoms with Crippen LogP contribution in [0.25, 0.3) is 0 Å². The second-order valence-electron chi connectivity index (χ2n) is 6.16. The molecular weight excluding hydrogens is 260 g/mol. The summed E-state index contributed by atoms with van der Waals surface area (Å²) in [6.45, 7) is 4.37. The van der Waals surface area contributed by atoms with E-state index in [9.17, 15) is 14.4 Å². The van der Waals surface area contributed by atoms with Crippen molar-refractivity contribution < 1.29 is 19.5 Å². The second kappa shape index (κ2) is 7.26. The Hall–Kier alpha value is -1.59. The SMILES string of the molecule is CC(CC(=O)O)CC(=O)NC(=O)NCC1(C)CCCC1. The summed E-state index contributed by atoms with van der Waals surface area (Å²) < 4.78 is 0. The lowest BCUT2D eigenvalue weighted by atomic mass is 9.89. The van der Waals surface area contributed by atoms with E-state index >= 15 is 0 Å². The number of carbonyl (C=O) groups excluding carboxylic acids is 2. The van der Waals surface area contributed by atoms with E-state index in [0.29, 0.717) is 6.54 Å².